The van der Waals surface area contributed by atoms with Crippen LogP contribution in [0.5, 0.6) is 11.5 Å². The van der Waals surface area contributed by atoms with E-state index in [0.717, 1.165) is 40.0 Å². The predicted octanol–water partition coefficient (Wildman–Crippen LogP) is 4.32. The number of methoxy groups -OCH3 is 2. The van der Waals surface area contributed by atoms with E-state index in [2.05, 4.69) is 47.3 Å². The van der Waals surface area contributed by atoms with Crippen LogP contribution in [0.15, 0.2) is 54.7 Å². The lowest BCUT2D eigenvalue weighted by Crippen LogP contribution is -2.38. The zero-order valence-electron chi connectivity index (χ0n) is 22.5. The molecule has 37 heavy (non-hydrogen) atoms. The highest BCUT2D eigenvalue weighted by Gasteiger charge is 2.21. The lowest BCUT2D eigenvalue weighted by molar-refractivity contribution is -0.132. The van der Waals surface area contributed by atoms with Crippen molar-refractivity contribution in [2.75, 3.05) is 41.4 Å². The zero-order chi connectivity index (χ0) is 26.5. The van der Waals surface area contributed by atoms with Crippen molar-refractivity contribution >= 4 is 16.8 Å². The second kappa shape index (κ2) is 11.4. The molecule has 0 aliphatic heterocycles. The molecular formula is C29H35N5O3. The minimum absolute atomic E-state index is 0.00231. The Bertz CT molecular complexity index is 1380. The second-order valence-corrected chi connectivity index (χ2v) is 9.50. The Labute approximate surface area is 218 Å². The van der Waals surface area contributed by atoms with Crippen LogP contribution in [0.4, 0.5) is 0 Å². The number of aryl methyl sites for hydroxylation is 2. The molecule has 0 fully saturated rings. The van der Waals surface area contributed by atoms with Crippen LogP contribution < -0.4 is 9.47 Å². The van der Waals surface area contributed by atoms with E-state index in [0.29, 0.717) is 24.6 Å². The number of amides is 1. The highest BCUT2D eigenvalue weighted by atomic mass is 16.5. The average Bonchev–Trinajstić information content (AvgIpc) is 3.29. The molecule has 2 heterocycles. The van der Waals surface area contributed by atoms with Gasteiger partial charge in [-0.1, -0.05) is 29.8 Å². The minimum Gasteiger partial charge on any atom is -0.496 e. The summed E-state index contributed by atoms with van der Waals surface area (Å²) in [6.45, 7) is 5.87. The normalized spacial score (nSPS) is 11.2. The second-order valence-electron chi connectivity index (χ2n) is 9.50. The van der Waals surface area contributed by atoms with Gasteiger partial charge in [0, 0.05) is 36.8 Å². The molecule has 194 valence electrons. The molecule has 4 rings (SSSR count). The highest BCUT2D eigenvalue weighted by molar-refractivity contribution is 5.93. The number of aromatic nitrogens is 3. The van der Waals surface area contributed by atoms with Gasteiger partial charge in [-0.2, -0.15) is 5.10 Å². The van der Waals surface area contributed by atoms with E-state index in [1.54, 1.807) is 18.9 Å². The molecule has 0 saturated heterocycles. The van der Waals surface area contributed by atoms with Crippen molar-refractivity contribution < 1.29 is 14.3 Å². The minimum atomic E-state index is -0.00231. The summed E-state index contributed by atoms with van der Waals surface area (Å²) in [5.41, 5.74) is 5.51. The molecule has 0 N–H and O–H groups in total. The van der Waals surface area contributed by atoms with E-state index in [-0.39, 0.29) is 12.5 Å². The van der Waals surface area contributed by atoms with Crippen LogP contribution in [-0.2, 0) is 17.9 Å². The van der Waals surface area contributed by atoms with Crippen LogP contribution in [0.2, 0.25) is 0 Å². The predicted molar refractivity (Wildman–Crippen MR) is 146 cm³/mol. The van der Waals surface area contributed by atoms with Crippen molar-refractivity contribution in [3.8, 4) is 22.8 Å². The average molecular weight is 502 g/mol. The molecule has 0 aliphatic carbocycles. The Morgan fingerprint density at radius 3 is 2.27 bits per heavy atom. The summed E-state index contributed by atoms with van der Waals surface area (Å²) in [6.07, 6.45) is 1.84. The van der Waals surface area contributed by atoms with E-state index >= 15 is 0 Å². The summed E-state index contributed by atoms with van der Waals surface area (Å²) in [4.78, 5) is 22.5. The summed E-state index contributed by atoms with van der Waals surface area (Å²) < 4.78 is 13.0. The molecule has 0 bridgehead atoms. The number of carbonyl (C=O) groups excluding carboxylic acids is 1. The number of rotatable bonds is 10. The highest BCUT2D eigenvalue weighted by Crippen LogP contribution is 2.36. The van der Waals surface area contributed by atoms with Crippen LogP contribution in [0.1, 0.15) is 16.8 Å². The van der Waals surface area contributed by atoms with Gasteiger partial charge in [-0.25, -0.2) is 4.98 Å². The van der Waals surface area contributed by atoms with Crippen LogP contribution >= 0.6 is 0 Å². The Morgan fingerprint density at radius 1 is 0.946 bits per heavy atom. The van der Waals surface area contributed by atoms with Crippen molar-refractivity contribution in [1.82, 2.24) is 24.6 Å². The largest absolute Gasteiger partial charge is 0.496 e. The third-order valence-corrected chi connectivity index (χ3v) is 6.35. The number of likely N-dealkylation sites (N-methyl/N-ethyl adjacent to an activating group) is 1. The molecule has 4 aromatic rings. The molecule has 2 aromatic carbocycles. The number of nitrogens with zero attached hydrogens (tertiary/aromatic N) is 5. The third-order valence-electron chi connectivity index (χ3n) is 6.35. The number of benzene rings is 2. The van der Waals surface area contributed by atoms with Gasteiger partial charge in [0.1, 0.15) is 23.6 Å². The van der Waals surface area contributed by atoms with Gasteiger partial charge in [0.25, 0.3) is 0 Å². The van der Waals surface area contributed by atoms with E-state index in [9.17, 15) is 4.79 Å². The zero-order valence-corrected chi connectivity index (χ0v) is 22.5. The molecule has 0 unspecified atom stereocenters. The maximum absolute atomic E-state index is 13.5. The van der Waals surface area contributed by atoms with E-state index < -0.39 is 0 Å². The van der Waals surface area contributed by atoms with E-state index in [1.807, 2.05) is 50.3 Å². The summed E-state index contributed by atoms with van der Waals surface area (Å²) in [6, 6.07) is 16.0. The number of hydrogen-bond acceptors (Lipinski definition) is 6. The van der Waals surface area contributed by atoms with E-state index in [1.165, 1.54) is 5.56 Å². The van der Waals surface area contributed by atoms with Crippen LogP contribution in [0, 0.1) is 13.8 Å². The van der Waals surface area contributed by atoms with Crippen LogP contribution in [0.3, 0.4) is 0 Å². The monoisotopic (exact) mass is 501 g/mol. The van der Waals surface area contributed by atoms with E-state index in [4.69, 9.17) is 14.5 Å². The molecule has 0 atom stereocenters. The topological polar surface area (TPSA) is 72.7 Å². The first kappa shape index (κ1) is 26.2. The van der Waals surface area contributed by atoms with Gasteiger partial charge in [-0.05, 0) is 57.8 Å². The van der Waals surface area contributed by atoms with Crippen molar-refractivity contribution in [3.63, 3.8) is 0 Å². The molecule has 0 aliphatic rings. The van der Waals surface area contributed by atoms with Gasteiger partial charge < -0.3 is 19.3 Å². The van der Waals surface area contributed by atoms with Gasteiger partial charge in [0.2, 0.25) is 5.91 Å². The van der Waals surface area contributed by atoms with Gasteiger partial charge in [-0.15, -0.1) is 0 Å². The molecule has 1 amide bonds. The maximum Gasteiger partial charge on any atom is 0.244 e. The van der Waals surface area contributed by atoms with Crippen molar-refractivity contribution in [2.45, 2.75) is 26.9 Å². The quantitative estimate of drug-likeness (QED) is 0.322. The van der Waals surface area contributed by atoms with Gasteiger partial charge in [0.15, 0.2) is 0 Å². The summed E-state index contributed by atoms with van der Waals surface area (Å²) in [5.74, 6) is 1.38. The van der Waals surface area contributed by atoms with Crippen LogP contribution in [-0.4, -0.2) is 71.9 Å². The summed E-state index contributed by atoms with van der Waals surface area (Å²) in [5, 5.41) is 5.25. The standard InChI is InChI=1S/C29H35N5O3/c1-20-7-9-22(10-8-20)28-23(17-24-25(36-5)11-12-26(37-6)29(24)30-28)18-33(16-15-32(3)4)27(35)19-34-14-13-21(2)31-34/h7-14,17H,15-16,18-19H2,1-6H3. The number of hydrogen-bond donors (Lipinski definition) is 0. The van der Waals surface area contributed by atoms with Gasteiger partial charge in [-0.3, -0.25) is 9.48 Å². The van der Waals surface area contributed by atoms with Crippen molar-refractivity contribution in [3.05, 3.63) is 71.5 Å². The molecule has 8 nitrogen and oxygen atoms in total. The van der Waals surface area contributed by atoms with Crippen molar-refractivity contribution in [1.29, 1.82) is 0 Å². The number of ether oxygens (including phenoxy) is 2. The van der Waals surface area contributed by atoms with Crippen molar-refractivity contribution in [2.24, 2.45) is 0 Å². The summed E-state index contributed by atoms with van der Waals surface area (Å²) in [7, 11) is 7.30. The number of fused-ring (bicyclic) bond motifs is 1. The fourth-order valence-corrected chi connectivity index (χ4v) is 4.28. The fraction of sp³-hybridized carbons (Fsp3) is 0.345. The third kappa shape index (κ3) is 6.09. The molecule has 8 heteroatoms. The number of pyridine rings is 1. The lowest BCUT2D eigenvalue weighted by atomic mass is 10.0. The lowest BCUT2D eigenvalue weighted by Gasteiger charge is -2.26. The SMILES string of the molecule is COc1ccc(OC)c2nc(-c3ccc(C)cc3)c(CN(CCN(C)C)C(=O)Cn3ccc(C)n3)cc12. The Morgan fingerprint density at radius 2 is 1.65 bits per heavy atom. The molecule has 0 radical (unpaired) electrons. The Hall–Kier alpha value is -3.91. The molecule has 2 aromatic heterocycles. The first-order valence-corrected chi connectivity index (χ1v) is 12.3. The first-order valence-electron chi connectivity index (χ1n) is 12.3. The smallest absolute Gasteiger partial charge is 0.244 e. The van der Waals surface area contributed by atoms with Gasteiger partial charge >= 0.3 is 0 Å². The molecular weight excluding hydrogens is 466 g/mol. The molecule has 0 saturated carbocycles. The van der Waals surface area contributed by atoms with Crippen LogP contribution in [0.25, 0.3) is 22.2 Å². The summed E-state index contributed by atoms with van der Waals surface area (Å²) >= 11 is 0. The first-order chi connectivity index (χ1) is 17.8. The van der Waals surface area contributed by atoms with Gasteiger partial charge in [0.05, 0.1) is 25.6 Å². The Balaban J connectivity index is 1.81. The number of carbonyl (C=O) groups is 1. The molecule has 0 spiro atoms. The fourth-order valence-electron chi connectivity index (χ4n) is 4.28. The maximum atomic E-state index is 13.5. The Kier molecular flexibility index (Phi) is 8.08.